The Kier molecular flexibility index (Phi) is 3.41. The van der Waals surface area contributed by atoms with E-state index in [0.717, 1.165) is 31.0 Å². The van der Waals surface area contributed by atoms with Gasteiger partial charge in [0.2, 0.25) is 0 Å². The molecule has 1 aromatic heterocycles. The lowest BCUT2D eigenvalue weighted by atomic mass is 10.2. The fourth-order valence-electron chi connectivity index (χ4n) is 2.14. The van der Waals surface area contributed by atoms with Crippen LogP contribution in [-0.4, -0.2) is 48.0 Å². The van der Waals surface area contributed by atoms with Crippen LogP contribution in [0.4, 0.5) is 5.69 Å². The third-order valence-corrected chi connectivity index (χ3v) is 3.21. The Hall–Kier alpha value is -1.13. The Morgan fingerprint density at radius 1 is 1.50 bits per heavy atom. The third-order valence-electron chi connectivity index (χ3n) is 3.21. The van der Waals surface area contributed by atoms with E-state index >= 15 is 0 Å². The third kappa shape index (κ3) is 2.71. The van der Waals surface area contributed by atoms with E-state index in [9.17, 15) is 0 Å². The minimum Gasteiger partial charge on any atom is -0.397 e. The molecule has 0 amide bonds. The summed E-state index contributed by atoms with van der Waals surface area (Å²) in [7, 11) is 4.30. The van der Waals surface area contributed by atoms with Gasteiger partial charge in [0.25, 0.3) is 0 Å². The van der Waals surface area contributed by atoms with Gasteiger partial charge in [0, 0.05) is 25.7 Å². The van der Waals surface area contributed by atoms with Gasteiger partial charge in [-0.15, -0.1) is 0 Å². The molecule has 1 aliphatic heterocycles. The van der Waals surface area contributed by atoms with Crippen LogP contribution in [0.25, 0.3) is 0 Å². The Bertz CT molecular complexity index is 333. The molecule has 2 N–H and O–H groups in total. The van der Waals surface area contributed by atoms with E-state index in [4.69, 9.17) is 5.73 Å². The maximum atomic E-state index is 5.61. The molecule has 4 nitrogen and oxygen atoms in total. The van der Waals surface area contributed by atoms with Crippen LogP contribution in [0.1, 0.15) is 12.1 Å². The number of pyridine rings is 1. The van der Waals surface area contributed by atoms with Crippen molar-refractivity contribution in [2.75, 3.05) is 32.9 Å². The zero-order valence-corrected chi connectivity index (χ0v) is 10.1. The molecule has 1 saturated heterocycles. The summed E-state index contributed by atoms with van der Waals surface area (Å²) < 4.78 is 0. The summed E-state index contributed by atoms with van der Waals surface area (Å²) in [5, 5.41) is 0. The first-order valence-electron chi connectivity index (χ1n) is 5.74. The molecule has 1 atom stereocenters. The standard InChI is InChI=1S/C12H20N4/c1-15(2)12-5-6-16(9-12)8-11-4-3-10(13)7-14-11/h3-4,7,12H,5-6,8-9,13H2,1-2H3. The van der Waals surface area contributed by atoms with Crippen LogP contribution in [0.3, 0.4) is 0 Å². The predicted molar refractivity (Wildman–Crippen MR) is 66.0 cm³/mol. The summed E-state index contributed by atoms with van der Waals surface area (Å²) in [6, 6.07) is 4.62. The molecule has 1 fully saturated rings. The summed E-state index contributed by atoms with van der Waals surface area (Å²) in [6.07, 6.45) is 2.98. The number of hydrogen-bond acceptors (Lipinski definition) is 4. The van der Waals surface area contributed by atoms with Gasteiger partial charge in [-0.05, 0) is 32.6 Å². The van der Waals surface area contributed by atoms with Crippen LogP contribution < -0.4 is 5.73 Å². The van der Waals surface area contributed by atoms with E-state index in [1.165, 1.54) is 6.42 Å². The van der Waals surface area contributed by atoms with Crippen molar-refractivity contribution in [2.24, 2.45) is 0 Å². The number of nitrogen functional groups attached to an aromatic ring is 1. The highest BCUT2D eigenvalue weighted by atomic mass is 15.2. The SMILES string of the molecule is CN(C)C1CCN(Cc2ccc(N)cn2)C1. The number of likely N-dealkylation sites (tertiary alicyclic amines) is 1. The molecule has 4 heteroatoms. The van der Waals surface area contributed by atoms with E-state index in [0.29, 0.717) is 6.04 Å². The van der Waals surface area contributed by atoms with Gasteiger partial charge in [0.05, 0.1) is 17.6 Å². The van der Waals surface area contributed by atoms with E-state index in [1.54, 1.807) is 6.20 Å². The van der Waals surface area contributed by atoms with Crippen molar-refractivity contribution in [3.05, 3.63) is 24.0 Å². The van der Waals surface area contributed by atoms with Gasteiger partial charge in [0.15, 0.2) is 0 Å². The second-order valence-electron chi connectivity index (χ2n) is 4.72. The van der Waals surface area contributed by atoms with Crippen molar-refractivity contribution in [1.29, 1.82) is 0 Å². The molecular weight excluding hydrogens is 200 g/mol. The zero-order chi connectivity index (χ0) is 11.5. The first-order valence-corrected chi connectivity index (χ1v) is 5.74. The van der Waals surface area contributed by atoms with Gasteiger partial charge >= 0.3 is 0 Å². The van der Waals surface area contributed by atoms with Gasteiger partial charge in [-0.25, -0.2) is 0 Å². The second-order valence-corrected chi connectivity index (χ2v) is 4.72. The first-order chi connectivity index (χ1) is 7.65. The molecule has 0 saturated carbocycles. The summed E-state index contributed by atoms with van der Waals surface area (Å²) in [6.45, 7) is 3.23. The Balaban J connectivity index is 1.89. The molecule has 1 unspecified atom stereocenters. The second kappa shape index (κ2) is 4.80. The van der Waals surface area contributed by atoms with Gasteiger partial charge in [-0.3, -0.25) is 9.88 Å². The number of nitrogens with zero attached hydrogens (tertiary/aromatic N) is 3. The number of hydrogen-bond donors (Lipinski definition) is 1. The molecule has 0 radical (unpaired) electrons. The molecule has 0 bridgehead atoms. The van der Waals surface area contributed by atoms with Crippen LogP contribution in [0.2, 0.25) is 0 Å². The lowest BCUT2D eigenvalue weighted by molar-refractivity contribution is 0.263. The summed E-state index contributed by atoms with van der Waals surface area (Å²) >= 11 is 0. The average molecular weight is 220 g/mol. The van der Waals surface area contributed by atoms with E-state index in [1.807, 2.05) is 12.1 Å². The molecule has 0 aliphatic carbocycles. The maximum absolute atomic E-state index is 5.61. The predicted octanol–water partition coefficient (Wildman–Crippen LogP) is 0.800. The molecule has 88 valence electrons. The molecular formula is C12H20N4. The Labute approximate surface area is 97.1 Å². The van der Waals surface area contributed by atoms with Gasteiger partial charge in [-0.2, -0.15) is 0 Å². The van der Waals surface area contributed by atoms with E-state index in [2.05, 4.69) is 28.9 Å². The molecule has 2 heterocycles. The van der Waals surface area contributed by atoms with Crippen molar-refractivity contribution in [1.82, 2.24) is 14.8 Å². The highest BCUT2D eigenvalue weighted by Crippen LogP contribution is 2.15. The van der Waals surface area contributed by atoms with Gasteiger partial charge in [-0.1, -0.05) is 0 Å². The van der Waals surface area contributed by atoms with Crippen LogP contribution in [0, 0.1) is 0 Å². The van der Waals surface area contributed by atoms with Crippen LogP contribution in [0.15, 0.2) is 18.3 Å². The number of likely N-dealkylation sites (N-methyl/N-ethyl adjacent to an activating group) is 1. The monoisotopic (exact) mass is 220 g/mol. The summed E-state index contributed by atoms with van der Waals surface area (Å²) in [5.41, 5.74) is 7.45. The minimum absolute atomic E-state index is 0.689. The number of nitrogens with two attached hydrogens (primary N) is 1. The molecule has 0 aromatic carbocycles. The molecule has 16 heavy (non-hydrogen) atoms. The van der Waals surface area contributed by atoms with Crippen molar-refractivity contribution in [3.63, 3.8) is 0 Å². The molecule has 2 rings (SSSR count). The van der Waals surface area contributed by atoms with Crippen LogP contribution >= 0.6 is 0 Å². The first kappa shape index (κ1) is 11.4. The normalized spacial score (nSPS) is 21.8. The fourth-order valence-corrected chi connectivity index (χ4v) is 2.14. The molecule has 0 spiro atoms. The maximum Gasteiger partial charge on any atom is 0.0545 e. The van der Waals surface area contributed by atoms with E-state index < -0.39 is 0 Å². The van der Waals surface area contributed by atoms with Gasteiger partial charge in [0.1, 0.15) is 0 Å². The summed E-state index contributed by atoms with van der Waals surface area (Å²) in [5.74, 6) is 0. The number of anilines is 1. The van der Waals surface area contributed by atoms with Crippen LogP contribution in [-0.2, 0) is 6.54 Å². The Morgan fingerprint density at radius 3 is 2.88 bits per heavy atom. The Morgan fingerprint density at radius 2 is 2.31 bits per heavy atom. The van der Waals surface area contributed by atoms with Crippen molar-refractivity contribution < 1.29 is 0 Å². The van der Waals surface area contributed by atoms with E-state index in [-0.39, 0.29) is 0 Å². The smallest absolute Gasteiger partial charge is 0.0545 e. The van der Waals surface area contributed by atoms with Crippen molar-refractivity contribution >= 4 is 5.69 Å². The zero-order valence-electron chi connectivity index (χ0n) is 10.1. The van der Waals surface area contributed by atoms with Crippen molar-refractivity contribution in [3.8, 4) is 0 Å². The van der Waals surface area contributed by atoms with Crippen molar-refractivity contribution in [2.45, 2.75) is 19.0 Å². The number of rotatable bonds is 3. The topological polar surface area (TPSA) is 45.4 Å². The quantitative estimate of drug-likeness (QED) is 0.818. The van der Waals surface area contributed by atoms with Crippen LogP contribution in [0.5, 0.6) is 0 Å². The minimum atomic E-state index is 0.689. The fraction of sp³-hybridized carbons (Fsp3) is 0.583. The number of aromatic nitrogens is 1. The average Bonchev–Trinajstić information content (AvgIpc) is 2.70. The lowest BCUT2D eigenvalue weighted by Gasteiger charge is -2.20. The molecule has 1 aromatic rings. The lowest BCUT2D eigenvalue weighted by Crippen LogP contribution is -2.31. The highest BCUT2D eigenvalue weighted by Gasteiger charge is 2.23. The van der Waals surface area contributed by atoms with Gasteiger partial charge < -0.3 is 10.6 Å². The largest absolute Gasteiger partial charge is 0.397 e. The highest BCUT2D eigenvalue weighted by molar-refractivity contribution is 5.34. The summed E-state index contributed by atoms with van der Waals surface area (Å²) in [4.78, 5) is 9.08. The molecule has 1 aliphatic rings.